The van der Waals surface area contributed by atoms with E-state index in [2.05, 4.69) is 10.3 Å². The fraction of sp³-hybridized carbons (Fsp3) is 0.345. The Hall–Kier alpha value is -3.83. The van der Waals surface area contributed by atoms with Crippen LogP contribution in [0.25, 0.3) is 0 Å². The van der Waals surface area contributed by atoms with Crippen LogP contribution < -0.4 is 19.9 Å². The molecule has 0 spiro atoms. The van der Waals surface area contributed by atoms with Gasteiger partial charge in [0.15, 0.2) is 0 Å². The van der Waals surface area contributed by atoms with E-state index in [9.17, 15) is 27.9 Å². The molecule has 216 valence electrons. The van der Waals surface area contributed by atoms with Crippen molar-refractivity contribution in [3.63, 3.8) is 0 Å². The van der Waals surface area contributed by atoms with E-state index >= 15 is 0 Å². The Kier molecular flexibility index (Phi) is 8.10. The van der Waals surface area contributed by atoms with Gasteiger partial charge in [0.25, 0.3) is 11.8 Å². The first-order valence-electron chi connectivity index (χ1n) is 13.1. The molecule has 1 saturated carbocycles. The molecule has 2 unspecified atom stereocenters. The molecule has 1 aromatic heterocycles. The number of methoxy groups -OCH3 is 1. The maximum absolute atomic E-state index is 14.5. The van der Waals surface area contributed by atoms with Gasteiger partial charge in [-0.05, 0) is 49.2 Å². The SMILES string of the molecule is COc1ccc(N2C(O)CCC2C(=O)N(c2cccc(F)c2)[C@@H](C(=O)NC2CC(F)(F)C2)c2ccccc2Cl)nc1. The monoisotopic (exact) mass is 588 g/mol. The molecule has 2 aliphatic rings. The number of carbonyl (C=O) groups excluding carboxylic acids is 2. The van der Waals surface area contributed by atoms with Crippen LogP contribution >= 0.6 is 11.6 Å². The number of carbonyl (C=O) groups is 2. The molecule has 5 rings (SSSR count). The van der Waals surface area contributed by atoms with Crippen molar-refractivity contribution >= 4 is 34.9 Å². The van der Waals surface area contributed by atoms with E-state index in [1.807, 2.05) is 0 Å². The molecule has 3 aromatic rings. The van der Waals surface area contributed by atoms with Gasteiger partial charge in [-0.25, -0.2) is 18.2 Å². The summed E-state index contributed by atoms with van der Waals surface area (Å²) in [5, 5.41) is 13.6. The lowest BCUT2D eigenvalue weighted by Gasteiger charge is -2.39. The second-order valence-electron chi connectivity index (χ2n) is 10.1. The Morgan fingerprint density at radius 2 is 1.90 bits per heavy atom. The number of anilines is 2. The van der Waals surface area contributed by atoms with Crippen molar-refractivity contribution in [2.75, 3.05) is 16.9 Å². The number of hydrogen-bond donors (Lipinski definition) is 2. The topological polar surface area (TPSA) is 95.0 Å². The fourth-order valence-electron chi connectivity index (χ4n) is 5.32. The predicted octanol–water partition coefficient (Wildman–Crippen LogP) is 4.86. The number of alkyl halides is 2. The molecular formula is C29H28ClF3N4O4. The lowest BCUT2D eigenvalue weighted by Crippen LogP contribution is -2.56. The Morgan fingerprint density at radius 3 is 2.54 bits per heavy atom. The number of benzene rings is 2. The van der Waals surface area contributed by atoms with Gasteiger partial charge in [-0.2, -0.15) is 0 Å². The van der Waals surface area contributed by atoms with Gasteiger partial charge < -0.3 is 20.1 Å². The summed E-state index contributed by atoms with van der Waals surface area (Å²) in [6, 6.07) is 11.5. The molecule has 41 heavy (non-hydrogen) atoms. The fourth-order valence-corrected chi connectivity index (χ4v) is 5.56. The van der Waals surface area contributed by atoms with Crippen molar-refractivity contribution in [2.45, 2.75) is 56.0 Å². The van der Waals surface area contributed by atoms with Gasteiger partial charge in [-0.3, -0.25) is 14.5 Å². The second-order valence-corrected chi connectivity index (χ2v) is 10.5. The summed E-state index contributed by atoms with van der Waals surface area (Å²) in [6.07, 6.45) is -0.266. The molecule has 1 saturated heterocycles. The highest BCUT2D eigenvalue weighted by Gasteiger charge is 2.48. The lowest BCUT2D eigenvalue weighted by atomic mass is 9.87. The summed E-state index contributed by atoms with van der Waals surface area (Å²) in [5.74, 6) is -4.15. The summed E-state index contributed by atoms with van der Waals surface area (Å²) in [7, 11) is 1.48. The Morgan fingerprint density at radius 1 is 1.15 bits per heavy atom. The van der Waals surface area contributed by atoms with Gasteiger partial charge >= 0.3 is 0 Å². The van der Waals surface area contributed by atoms with Gasteiger partial charge in [0, 0.05) is 35.2 Å². The summed E-state index contributed by atoms with van der Waals surface area (Å²) >= 11 is 6.51. The quantitative estimate of drug-likeness (QED) is 0.390. The third kappa shape index (κ3) is 5.96. The number of ether oxygens (including phenoxy) is 1. The number of pyridine rings is 1. The summed E-state index contributed by atoms with van der Waals surface area (Å²) in [4.78, 5) is 35.2. The van der Waals surface area contributed by atoms with E-state index < -0.39 is 60.7 Å². The van der Waals surface area contributed by atoms with Crippen molar-refractivity contribution in [3.8, 4) is 5.75 Å². The van der Waals surface area contributed by atoms with Gasteiger partial charge in [0.2, 0.25) is 5.91 Å². The summed E-state index contributed by atoms with van der Waals surface area (Å²) in [6.45, 7) is 0. The van der Waals surface area contributed by atoms with Crippen LogP contribution in [0.1, 0.15) is 37.3 Å². The largest absolute Gasteiger partial charge is 0.495 e. The van der Waals surface area contributed by atoms with E-state index in [1.54, 1.807) is 30.3 Å². The first kappa shape index (κ1) is 28.7. The second kappa shape index (κ2) is 11.6. The molecule has 3 atom stereocenters. The van der Waals surface area contributed by atoms with Crippen molar-refractivity contribution in [1.29, 1.82) is 0 Å². The zero-order valence-corrected chi connectivity index (χ0v) is 22.8. The number of halogens is 4. The maximum atomic E-state index is 14.5. The highest BCUT2D eigenvalue weighted by Crippen LogP contribution is 2.40. The summed E-state index contributed by atoms with van der Waals surface area (Å²) < 4.78 is 46.9. The van der Waals surface area contributed by atoms with Crippen molar-refractivity contribution in [3.05, 3.63) is 83.3 Å². The van der Waals surface area contributed by atoms with Crippen LogP contribution in [0.2, 0.25) is 5.02 Å². The van der Waals surface area contributed by atoms with E-state index in [1.165, 1.54) is 42.5 Å². The third-order valence-electron chi connectivity index (χ3n) is 7.33. The zero-order chi connectivity index (χ0) is 29.3. The number of amides is 2. The number of nitrogens with one attached hydrogen (secondary N) is 1. The van der Waals surface area contributed by atoms with E-state index in [-0.39, 0.29) is 29.1 Å². The average molecular weight is 589 g/mol. The first-order valence-corrected chi connectivity index (χ1v) is 13.4. The maximum Gasteiger partial charge on any atom is 0.252 e. The third-order valence-corrected chi connectivity index (χ3v) is 7.67. The Labute approximate surface area is 239 Å². The molecule has 0 bridgehead atoms. The average Bonchev–Trinajstić information content (AvgIpc) is 3.32. The van der Waals surface area contributed by atoms with Crippen LogP contribution in [-0.2, 0) is 9.59 Å². The number of nitrogens with zero attached hydrogens (tertiary/aromatic N) is 3. The van der Waals surface area contributed by atoms with E-state index in [0.717, 1.165) is 11.0 Å². The number of hydrogen-bond acceptors (Lipinski definition) is 6. The minimum Gasteiger partial charge on any atom is -0.495 e. The van der Waals surface area contributed by atoms with Crippen LogP contribution in [0.15, 0.2) is 66.9 Å². The standard InChI is InChI=1S/C29H28ClF3N4O4/c1-41-20-9-11-24(34-16-20)37-23(10-12-25(37)38)28(40)36(19-6-4-5-17(31)13-19)26(21-7-2-3-8-22(21)30)27(39)35-18-14-29(32,33)15-18/h2-9,11,13,16,18,23,25-26,38H,10,12,14-15H2,1H3,(H,35,39)/t23?,25?,26-/m1/s1. The van der Waals surface area contributed by atoms with Gasteiger partial charge in [-0.15, -0.1) is 0 Å². The molecule has 2 fully saturated rings. The minimum atomic E-state index is -2.89. The van der Waals surface area contributed by atoms with Crippen LogP contribution in [-0.4, -0.2) is 53.2 Å². The molecule has 0 radical (unpaired) electrons. The molecule has 12 heteroatoms. The van der Waals surface area contributed by atoms with E-state index in [0.29, 0.717) is 11.6 Å². The lowest BCUT2D eigenvalue weighted by molar-refractivity contribution is -0.133. The number of aromatic nitrogens is 1. The molecular weight excluding hydrogens is 561 g/mol. The molecule has 2 amide bonds. The van der Waals surface area contributed by atoms with Gasteiger partial charge in [0.05, 0.1) is 13.3 Å². The van der Waals surface area contributed by atoms with Crippen molar-refractivity contribution in [2.24, 2.45) is 0 Å². The Bertz CT molecular complexity index is 1420. The van der Waals surface area contributed by atoms with Crippen LogP contribution in [0.3, 0.4) is 0 Å². The molecule has 1 aliphatic carbocycles. The number of aliphatic hydroxyl groups excluding tert-OH is 1. The van der Waals surface area contributed by atoms with E-state index in [4.69, 9.17) is 16.3 Å². The number of rotatable bonds is 8. The highest BCUT2D eigenvalue weighted by atomic mass is 35.5. The molecule has 2 aromatic carbocycles. The zero-order valence-electron chi connectivity index (χ0n) is 22.0. The normalized spacial score (nSPS) is 20.7. The van der Waals surface area contributed by atoms with Crippen molar-refractivity contribution < 1.29 is 32.6 Å². The minimum absolute atomic E-state index is 0.0537. The summed E-state index contributed by atoms with van der Waals surface area (Å²) in [5.41, 5.74) is 0.279. The molecule has 8 nitrogen and oxygen atoms in total. The predicted molar refractivity (Wildman–Crippen MR) is 146 cm³/mol. The van der Waals surface area contributed by atoms with Crippen molar-refractivity contribution in [1.82, 2.24) is 10.3 Å². The first-order chi connectivity index (χ1) is 19.6. The number of aliphatic hydroxyl groups is 1. The molecule has 2 heterocycles. The van der Waals surface area contributed by atoms with Crippen LogP contribution in [0.5, 0.6) is 5.75 Å². The highest BCUT2D eigenvalue weighted by molar-refractivity contribution is 6.31. The molecule has 1 aliphatic heterocycles. The van der Waals surface area contributed by atoms with Crippen LogP contribution in [0.4, 0.5) is 24.7 Å². The Balaban J connectivity index is 1.58. The van der Waals surface area contributed by atoms with Gasteiger partial charge in [0.1, 0.15) is 35.7 Å². The smallest absolute Gasteiger partial charge is 0.252 e. The molecule has 2 N–H and O–H groups in total. The van der Waals surface area contributed by atoms with Crippen LogP contribution in [0, 0.1) is 5.82 Å². The van der Waals surface area contributed by atoms with Gasteiger partial charge in [-0.1, -0.05) is 35.9 Å².